The molecule has 0 bridgehead atoms. The molecule has 2 rings (SSSR count). The van der Waals surface area contributed by atoms with Crippen LogP contribution in [0.5, 0.6) is 0 Å². The van der Waals surface area contributed by atoms with Gasteiger partial charge < -0.3 is 10.2 Å². The smallest absolute Gasteiger partial charge is 0.242 e. The Morgan fingerprint density at radius 3 is 3.06 bits per heavy atom. The maximum absolute atomic E-state index is 11.5. The number of carbonyl (C=O) groups excluding carboxylic acids is 1. The molecule has 6 heteroatoms. The lowest BCUT2D eigenvalue weighted by Gasteiger charge is -2.34. The van der Waals surface area contributed by atoms with Crippen molar-refractivity contribution in [3.8, 4) is 0 Å². The van der Waals surface area contributed by atoms with Gasteiger partial charge in [-0.05, 0) is 13.8 Å². The van der Waals surface area contributed by atoms with E-state index in [2.05, 4.69) is 15.3 Å². The molecular weight excluding hydrogens is 228 g/mol. The molecule has 5 nitrogen and oxygen atoms in total. The molecular formula is C10H13ClN4O. The van der Waals surface area contributed by atoms with Crippen molar-refractivity contribution in [2.75, 3.05) is 18.0 Å². The summed E-state index contributed by atoms with van der Waals surface area (Å²) < 4.78 is 0. The number of piperazine rings is 1. The van der Waals surface area contributed by atoms with Gasteiger partial charge in [0.05, 0.1) is 0 Å². The Bertz CT molecular complexity index is 423. The predicted molar refractivity (Wildman–Crippen MR) is 61.6 cm³/mol. The highest BCUT2D eigenvalue weighted by Crippen LogP contribution is 2.24. The van der Waals surface area contributed by atoms with E-state index < -0.39 is 0 Å². The molecule has 0 spiro atoms. The van der Waals surface area contributed by atoms with Crippen molar-refractivity contribution in [1.29, 1.82) is 0 Å². The van der Waals surface area contributed by atoms with Crippen LogP contribution < -0.4 is 10.2 Å². The molecule has 16 heavy (non-hydrogen) atoms. The average molecular weight is 241 g/mol. The monoisotopic (exact) mass is 240 g/mol. The predicted octanol–water partition coefficient (Wildman–Crippen LogP) is 0.763. The number of hydrogen-bond acceptors (Lipinski definition) is 4. The Morgan fingerprint density at radius 2 is 2.31 bits per heavy atom. The van der Waals surface area contributed by atoms with Crippen LogP contribution in [0.4, 0.5) is 5.82 Å². The zero-order chi connectivity index (χ0) is 11.7. The molecule has 1 amide bonds. The van der Waals surface area contributed by atoms with Crippen LogP contribution in [0, 0.1) is 6.92 Å². The lowest BCUT2D eigenvalue weighted by atomic mass is 10.2. The third-order valence-corrected chi connectivity index (χ3v) is 3.15. The summed E-state index contributed by atoms with van der Waals surface area (Å²) in [6, 6.07) is -0.224. The van der Waals surface area contributed by atoms with E-state index in [9.17, 15) is 4.79 Å². The van der Waals surface area contributed by atoms with Crippen LogP contribution in [-0.2, 0) is 4.79 Å². The zero-order valence-corrected chi connectivity index (χ0v) is 9.95. The summed E-state index contributed by atoms with van der Waals surface area (Å²) in [6.45, 7) is 5.08. The number of nitrogens with zero attached hydrogens (tertiary/aromatic N) is 3. The van der Waals surface area contributed by atoms with Crippen LogP contribution in [0.25, 0.3) is 0 Å². The van der Waals surface area contributed by atoms with Crippen molar-refractivity contribution in [1.82, 2.24) is 15.3 Å². The first-order chi connectivity index (χ1) is 7.61. The first kappa shape index (κ1) is 11.1. The highest BCUT2D eigenvalue weighted by atomic mass is 35.5. The standard InChI is InChI=1S/C10H13ClN4O/c1-6-8(11)13-5-14-9(6)15-4-3-12-10(16)7(15)2/h5,7H,3-4H2,1-2H3,(H,12,16). The third-order valence-electron chi connectivity index (χ3n) is 2.77. The fourth-order valence-electron chi connectivity index (χ4n) is 1.78. The summed E-state index contributed by atoms with van der Waals surface area (Å²) >= 11 is 5.94. The van der Waals surface area contributed by atoms with Crippen molar-refractivity contribution in [2.24, 2.45) is 0 Å². The van der Waals surface area contributed by atoms with E-state index in [1.54, 1.807) is 0 Å². The normalized spacial score (nSPS) is 20.8. The lowest BCUT2D eigenvalue weighted by molar-refractivity contribution is -0.122. The lowest BCUT2D eigenvalue weighted by Crippen LogP contribution is -2.54. The number of halogens is 1. The second kappa shape index (κ2) is 4.25. The average Bonchev–Trinajstić information content (AvgIpc) is 2.27. The second-order valence-corrected chi connectivity index (χ2v) is 4.13. The largest absolute Gasteiger partial charge is 0.353 e. The quantitative estimate of drug-likeness (QED) is 0.737. The topological polar surface area (TPSA) is 58.1 Å². The first-order valence-corrected chi connectivity index (χ1v) is 5.50. The van der Waals surface area contributed by atoms with Crippen molar-refractivity contribution >= 4 is 23.3 Å². The molecule has 1 saturated heterocycles. The summed E-state index contributed by atoms with van der Waals surface area (Å²) in [5, 5.41) is 3.24. The maximum Gasteiger partial charge on any atom is 0.242 e. The minimum Gasteiger partial charge on any atom is -0.353 e. The van der Waals surface area contributed by atoms with Gasteiger partial charge in [0, 0.05) is 18.7 Å². The number of aromatic nitrogens is 2. The SMILES string of the molecule is Cc1c(Cl)ncnc1N1CCNC(=O)C1C. The van der Waals surface area contributed by atoms with Crippen molar-refractivity contribution in [2.45, 2.75) is 19.9 Å². The molecule has 1 aromatic rings. The first-order valence-electron chi connectivity index (χ1n) is 5.12. The van der Waals surface area contributed by atoms with E-state index in [0.29, 0.717) is 11.7 Å². The molecule has 1 atom stereocenters. The molecule has 0 saturated carbocycles. The van der Waals surface area contributed by atoms with E-state index in [0.717, 1.165) is 17.9 Å². The van der Waals surface area contributed by atoms with Gasteiger partial charge in [-0.15, -0.1) is 0 Å². The van der Waals surface area contributed by atoms with E-state index in [1.807, 2.05) is 18.7 Å². The number of anilines is 1. The number of carbonyl (C=O) groups is 1. The van der Waals surface area contributed by atoms with Crippen LogP contribution in [0.2, 0.25) is 5.15 Å². The van der Waals surface area contributed by atoms with Gasteiger partial charge in [-0.25, -0.2) is 9.97 Å². The van der Waals surface area contributed by atoms with Gasteiger partial charge in [0.2, 0.25) is 5.91 Å². The Hall–Kier alpha value is -1.36. The number of rotatable bonds is 1. The molecule has 0 radical (unpaired) electrons. The molecule has 1 fully saturated rings. The molecule has 1 aliphatic heterocycles. The summed E-state index contributed by atoms with van der Waals surface area (Å²) in [4.78, 5) is 21.6. The summed E-state index contributed by atoms with van der Waals surface area (Å²) in [5.41, 5.74) is 0.811. The van der Waals surface area contributed by atoms with Gasteiger partial charge in [0.25, 0.3) is 0 Å². The fourth-order valence-corrected chi connectivity index (χ4v) is 1.91. The van der Waals surface area contributed by atoms with E-state index in [-0.39, 0.29) is 11.9 Å². The fraction of sp³-hybridized carbons (Fsp3) is 0.500. The molecule has 0 aromatic carbocycles. The minimum atomic E-state index is -0.224. The third kappa shape index (κ3) is 1.82. The van der Waals surface area contributed by atoms with Gasteiger partial charge in [-0.1, -0.05) is 11.6 Å². The van der Waals surface area contributed by atoms with Crippen molar-refractivity contribution in [3.05, 3.63) is 17.0 Å². The van der Waals surface area contributed by atoms with Gasteiger partial charge >= 0.3 is 0 Å². The summed E-state index contributed by atoms with van der Waals surface area (Å²) in [5.74, 6) is 0.753. The van der Waals surface area contributed by atoms with Crippen LogP contribution in [-0.4, -0.2) is 35.0 Å². The Morgan fingerprint density at radius 1 is 1.56 bits per heavy atom. The Balaban J connectivity index is 2.36. The highest BCUT2D eigenvalue weighted by Gasteiger charge is 2.27. The van der Waals surface area contributed by atoms with Crippen LogP contribution in [0.3, 0.4) is 0 Å². The summed E-state index contributed by atoms with van der Waals surface area (Å²) in [7, 11) is 0. The van der Waals surface area contributed by atoms with Gasteiger partial charge in [-0.2, -0.15) is 0 Å². The van der Waals surface area contributed by atoms with Crippen LogP contribution in [0.15, 0.2) is 6.33 Å². The van der Waals surface area contributed by atoms with Crippen LogP contribution in [0.1, 0.15) is 12.5 Å². The van der Waals surface area contributed by atoms with E-state index in [4.69, 9.17) is 11.6 Å². The molecule has 1 N–H and O–H groups in total. The minimum absolute atomic E-state index is 0.0142. The van der Waals surface area contributed by atoms with Gasteiger partial charge in [0.15, 0.2) is 0 Å². The van der Waals surface area contributed by atoms with Gasteiger partial charge in [-0.3, -0.25) is 4.79 Å². The number of hydrogen-bond donors (Lipinski definition) is 1. The Kier molecular flexibility index (Phi) is 2.96. The molecule has 1 unspecified atom stereocenters. The maximum atomic E-state index is 11.5. The van der Waals surface area contributed by atoms with E-state index >= 15 is 0 Å². The molecule has 1 aliphatic rings. The number of nitrogens with one attached hydrogen (secondary N) is 1. The van der Waals surface area contributed by atoms with Crippen LogP contribution >= 0.6 is 11.6 Å². The van der Waals surface area contributed by atoms with E-state index in [1.165, 1.54) is 6.33 Å². The molecule has 1 aromatic heterocycles. The zero-order valence-electron chi connectivity index (χ0n) is 9.20. The summed E-state index contributed by atoms with van der Waals surface area (Å²) in [6.07, 6.45) is 1.42. The molecule has 0 aliphatic carbocycles. The van der Waals surface area contributed by atoms with Crippen molar-refractivity contribution in [3.63, 3.8) is 0 Å². The Labute approximate surface area is 98.8 Å². The molecule has 86 valence electrons. The molecule has 2 heterocycles. The second-order valence-electron chi connectivity index (χ2n) is 3.77. The highest BCUT2D eigenvalue weighted by molar-refractivity contribution is 6.30. The van der Waals surface area contributed by atoms with Gasteiger partial charge in [0.1, 0.15) is 23.3 Å². The number of amides is 1. The van der Waals surface area contributed by atoms with Crippen molar-refractivity contribution < 1.29 is 4.79 Å².